The van der Waals surface area contributed by atoms with Gasteiger partial charge in [-0.15, -0.1) is 0 Å². The molecular weight excluding hydrogens is 271 g/mol. The number of unbranched alkanes of at least 4 members (excludes halogenated alkanes) is 4. The maximum atomic E-state index is 9.96. The van der Waals surface area contributed by atoms with E-state index in [0.29, 0.717) is 11.9 Å². The van der Waals surface area contributed by atoms with Gasteiger partial charge in [0.1, 0.15) is 0 Å². The minimum absolute atomic E-state index is 0.429. The van der Waals surface area contributed by atoms with Crippen molar-refractivity contribution in [3.05, 3.63) is 30.3 Å². The number of benzene rings is 1. The summed E-state index contributed by atoms with van der Waals surface area (Å²) in [5.74, 6) is 0.791. The molecule has 1 aromatic carbocycles. The molecule has 1 rings (SSSR count). The number of rotatable bonds is 10. The van der Waals surface area contributed by atoms with E-state index in [4.69, 9.17) is 4.52 Å². The molecule has 4 heteroatoms. The zero-order valence-corrected chi connectivity index (χ0v) is 13.7. The van der Waals surface area contributed by atoms with Crippen LogP contribution in [0.4, 0.5) is 0 Å². The third-order valence-electron chi connectivity index (χ3n) is 3.38. The van der Waals surface area contributed by atoms with Crippen LogP contribution in [-0.4, -0.2) is 16.4 Å². The molecule has 0 bridgehead atoms. The fraction of sp³-hybridized carbons (Fsp3) is 0.625. The van der Waals surface area contributed by atoms with Crippen LogP contribution in [0, 0.1) is 5.92 Å². The van der Waals surface area contributed by atoms with Gasteiger partial charge in [-0.05, 0) is 0 Å². The second-order valence-electron chi connectivity index (χ2n) is 5.77. The average Bonchev–Trinajstić information content (AvgIpc) is 2.42. The van der Waals surface area contributed by atoms with Crippen LogP contribution in [0.2, 0.25) is 0 Å². The Kier molecular flexibility index (Phi) is 8.32. The van der Waals surface area contributed by atoms with E-state index in [1.807, 2.05) is 6.07 Å². The van der Waals surface area contributed by atoms with Gasteiger partial charge in [0, 0.05) is 0 Å². The molecule has 0 unspecified atom stereocenters. The summed E-state index contributed by atoms with van der Waals surface area (Å²) in [6.07, 6.45) is 7.04. The molecule has 3 nitrogen and oxygen atoms in total. The van der Waals surface area contributed by atoms with E-state index in [1.54, 1.807) is 24.3 Å². The van der Waals surface area contributed by atoms with Crippen molar-refractivity contribution in [2.24, 2.45) is 5.92 Å². The molecule has 2 N–H and O–H groups in total. The van der Waals surface area contributed by atoms with Crippen molar-refractivity contribution in [1.29, 1.82) is 0 Å². The Morgan fingerprint density at radius 2 is 1.55 bits per heavy atom. The van der Waals surface area contributed by atoms with Crippen molar-refractivity contribution in [2.75, 3.05) is 6.61 Å². The first-order valence-electron chi connectivity index (χ1n) is 7.66. The quantitative estimate of drug-likeness (QED) is 0.510. The van der Waals surface area contributed by atoms with Gasteiger partial charge in [0.05, 0.1) is 0 Å². The molecule has 0 spiro atoms. The Morgan fingerprint density at radius 3 is 2.20 bits per heavy atom. The van der Waals surface area contributed by atoms with Crippen LogP contribution in [0.5, 0.6) is 0 Å². The monoisotopic (exact) mass is 300 g/mol. The standard InChI is InChI=1S/C16H29O3P/c1-15(2)11-7-4-3-5-10-14-19-20(17,18)16-12-8-6-9-13-16/h6,8-9,12-13,15,17-18,20H,3-5,7,10-11,14H2,1-2H3. The number of hydrogen-bond donors (Lipinski definition) is 2. The first-order valence-corrected chi connectivity index (χ1v) is 9.47. The second-order valence-corrected chi connectivity index (χ2v) is 7.86. The molecule has 0 aromatic heterocycles. The van der Waals surface area contributed by atoms with Crippen molar-refractivity contribution in [3.8, 4) is 0 Å². The molecule has 0 heterocycles. The summed E-state index contributed by atoms with van der Waals surface area (Å²) in [6, 6.07) is 8.85. The van der Waals surface area contributed by atoms with E-state index < -0.39 is 7.94 Å². The van der Waals surface area contributed by atoms with Gasteiger partial charge >= 0.3 is 123 Å². The third kappa shape index (κ3) is 7.35. The zero-order chi connectivity index (χ0) is 14.8. The van der Waals surface area contributed by atoms with Gasteiger partial charge in [-0.2, -0.15) is 0 Å². The molecule has 0 radical (unpaired) electrons. The minimum atomic E-state index is -3.67. The summed E-state index contributed by atoms with van der Waals surface area (Å²) in [4.78, 5) is 19.9. The van der Waals surface area contributed by atoms with Gasteiger partial charge in [0.25, 0.3) is 0 Å². The molecule has 0 amide bonds. The van der Waals surface area contributed by atoms with Gasteiger partial charge in [0.15, 0.2) is 0 Å². The molecular formula is C16H29O3P. The Hall–Kier alpha value is -0.470. The van der Waals surface area contributed by atoms with E-state index in [9.17, 15) is 9.79 Å². The van der Waals surface area contributed by atoms with Crippen LogP contribution in [0.25, 0.3) is 0 Å². The Labute approximate surface area is 123 Å². The Balaban J connectivity index is 2.09. The predicted octanol–water partition coefficient (Wildman–Crippen LogP) is 3.80. The van der Waals surface area contributed by atoms with Gasteiger partial charge in [-0.25, -0.2) is 0 Å². The molecule has 116 valence electrons. The summed E-state index contributed by atoms with van der Waals surface area (Å²) >= 11 is 0. The molecule has 0 aliphatic carbocycles. The topological polar surface area (TPSA) is 49.7 Å². The van der Waals surface area contributed by atoms with Crippen molar-refractivity contribution in [2.45, 2.75) is 52.4 Å². The first kappa shape index (κ1) is 17.6. The summed E-state index contributed by atoms with van der Waals surface area (Å²) in [5.41, 5.74) is 0. The molecule has 1 aromatic rings. The van der Waals surface area contributed by atoms with Crippen LogP contribution < -0.4 is 5.30 Å². The predicted molar refractivity (Wildman–Crippen MR) is 87.3 cm³/mol. The van der Waals surface area contributed by atoms with Crippen molar-refractivity contribution >= 4 is 13.2 Å². The van der Waals surface area contributed by atoms with Crippen LogP contribution in [-0.2, 0) is 4.52 Å². The van der Waals surface area contributed by atoms with E-state index in [1.165, 1.54) is 25.7 Å². The van der Waals surface area contributed by atoms with Crippen molar-refractivity contribution < 1.29 is 14.3 Å². The summed E-state index contributed by atoms with van der Waals surface area (Å²) in [5, 5.41) is 0.511. The fourth-order valence-electron chi connectivity index (χ4n) is 2.14. The first-order chi connectivity index (χ1) is 9.52. The van der Waals surface area contributed by atoms with Crippen LogP contribution in [0.1, 0.15) is 52.4 Å². The van der Waals surface area contributed by atoms with Crippen molar-refractivity contribution in [1.82, 2.24) is 0 Å². The molecule has 0 atom stereocenters. The van der Waals surface area contributed by atoms with Crippen LogP contribution in [0.15, 0.2) is 30.3 Å². The molecule has 0 saturated carbocycles. The van der Waals surface area contributed by atoms with Gasteiger partial charge < -0.3 is 0 Å². The maximum absolute atomic E-state index is 9.96. The molecule has 0 aliphatic heterocycles. The molecule has 0 aliphatic rings. The molecule has 20 heavy (non-hydrogen) atoms. The van der Waals surface area contributed by atoms with E-state index in [-0.39, 0.29) is 0 Å². The summed E-state index contributed by atoms with van der Waals surface area (Å²) in [7, 11) is -3.67. The Morgan fingerprint density at radius 1 is 0.950 bits per heavy atom. The number of hydrogen-bond acceptors (Lipinski definition) is 3. The fourth-order valence-corrected chi connectivity index (χ4v) is 3.36. The summed E-state index contributed by atoms with van der Waals surface area (Å²) < 4.78 is 5.31. The second kappa shape index (κ2) is 9.46. The van der Waals surface area contributed by atoms with E-state index >= 15 is 0 Å². The SMILES string of the molecule is CC(C)CCCCCCCO[PH](O)(O)c1ccccc1. The Bertz CT molecular complexity index is 352. The van der Waals surface area contributed by atoms with Gasteiger partial charge in [-0.3, -0.25) is 0 Å². The van der Waals surface area contributed by atoms with Crippen LogP contribution >= 0.6 is 7.94 Å². The van der Waals surface area contributed by atoms with Gasteiger partial charge in [0.2, 0.25) is 0 Å². The van der Waals surface area contributed by atoms with E-state index in [0.717, 1.165) is 18.8 Å². The third-order valence-corrected chi connectivity index (χ3v) is 5.07. The van der Waals surface area contributed by atoms with E-state index in [2.05, 4.69) is 13.8 Å². The van der Waals surface area contributed by atoms with Crippen LogP contribution in [0.3, 0.4) is 0 Å². The molecule has 0 fully saturated rings. The average molecular weight is 300 g/mol. The summed E-state index contributed by atoms with van der Waals surface area (Å²) in [6.45, 7) is 4.94. The molecule has 0 saturated heterocycles. The van der Waals surface area contributed by atoms with Gasteiger partial charge in [-0.1, -0.05) is 0 Å². The zero-order valence-electron chi connectivity index (χ0n) is 12.7. The normalized spacial score (nSPS) is 12.8. The van der Waals surface area contributed by atoms with Crippen molar-refractivity contribution in [3.63, 3.8) is 0 Å².